The number of furan rings is 1. The van der Waals surface area contributed by atoms with Crippen molar-refractivity contribution in [1.29, 1.82) is 0 Å². The van der Waals surface area contributed by atoms with Gasteiger partial charge >= 0.3 is 6.18 Å². The van der Waals surface area contributed by atoms with E-state index in [9.17, 15) is 22.8 Å². The molecule has 6 nitrogen and oxygen atoms in total. The number of halogens is 3. The highest BCUT2D eigenvalue weighted by Gasteiger charge is 2.44. The van der Waals surface area contributed by atoms with Crippen molar-refractivity contribution in [2.45, 2.75) is 31.1 Å². The highest BCUT2D eigenvalue weighted by molar-refractivity contribution is 5.95. The van der Waals surface area contributed by atoms with Gasteiger partial charge in [-0.15, -0.1) is 0 Å². The molecule has 2 amide bonds. The molecule has 1 saturated heterocycles. The molecule has 0 spiro atoms. The van der Waals surface area contributed by atoms with Crippen LogP contribution in [0, 0.1) is 0 Å². The number of carbonyl (C=O) groups is 2. The normalized spacial score (nSPS) is 23.3. The highest BCUT2D eigenvalue weighted by atomic mass is 19.4. The molecule has 0 unspecified atom stereocenters. The quantitative estimate of drug-likeness (QED) is 0.874. The van der Waals surface area contributed by atoms with Gasteiger partial charge in [0.2, 0.25) is 0 Å². The van der Waals surface area contributed by atoms with Gasteiger partial charge in [0.1, 0.15) is 6.04 Å². The molecular formula is C13H16F3N3O3. The number of hydrogen-bond donors (Lipinski definition) is 2. The van der Waals surface area contributed by atoms with E-state index in [1.165, 1.54) is 24.1 Å². The van der Waals surface area contributed by atoms with Crippen LogP contribution in [-0.4, -0.2) is 48.6 Å². The van der Waals surface area contributed by atoms with Crippen LogP contribution < -0.4 is 11.1 Å². The van der Waals surface area contributed by atoms with Crippen molar-refractivity contribution in [3.63, 3.8) is 0 Å². The van der Waals surface area contributed by atoms with Crippen LogP contribution in [0.4, 0.5) is 13.2 Å². The molecule has 1 aliphatic rings. The molecular weight excluding hydrogens is 303 g/mol. The van der Waals surface area contributed by atoms with E-state index in [4.69, 9.17) is 10.2 Å². The minimum atomic E-state index is -4.28. The number of nitrogens with one attached hydrogen (secondary N) is 1. The number of likely N-dealkylation sites (N-methyl/N-ethyl adjacent to an activating group) is 1. The Labute approximate surface area is 124 Å². The second-order valence-corrected chi connectivity index (χ2v) is 5.27. The van der Waals surface area contributed by atoms with E-state index >= 15 is 0 Å². The summed E-state index contributed by atoms with van der Waals surface area (Å²) in [5, 5.41) is 2.60. The van der Waals surface area contributed by atoms with E-state index in [0.717, 1.165) is 0 Å². The molecule has 1 fully saturated rings. The Kier molecular flexibility index (Phi) is 4.45. The Morgan fingerprint density at radius 2 is 1.95 bits per heavy atom. The first kappa shape index (κ1) is 16.3. The fraction of sp³-hybridized carbons (Fsp3) is 0.538. The van der Waals surface area contributed by atoms with Crippen LogP contribution in [0.3, 0.4) is 0 Å². The number of alkyl halides is 3. The maximum atomic E-state index is 12.7. The topological polar surface area (TPSA) is 88.6 Å². The number of rotatable bonds is 3. The summed E-state index contributed by atoms with van der Waals surface area (Å²) in [6, 6.07) is 0.647. The lowest BCUT2D eigenvalue weighted by Gasteiger charge is -2.38. The van der Waals surface area contributed by atoms with Crippen molar-refractivity contribution in [3.8, 4) is 0 Å². The van der Waals surface area contributed by atoms with E-state index in [-0.39, 0.29) is 30.9 Å². The summed E-state index contributed by atoms with van der Waals surface area (Å²) >= 11 is 0. The zero-order valence-corrected chi connectivity index (χ0v) is 11.8. The van der Waals surface area contributed by atoms with Crippen molar-refractivity contribution in [2.75, 3.05) is 13.6 Å². The van der Waals surface area contributed by atoms with E-state index in [1.807, 2.05) is 0 Å². The van der Waals surface area contributed by atoms with E-state index in [1.54, 1.807) is 0 Å². The largest absolute Gasteiger partial charge is 0.446 e. The van der Waals surface area contributed by atoms with Gasteiger partial charge in [-0.25, -0.2) is 0 Å². The minimum Gasteiger partial charge on any atom is -0.446 e. The predicted molar refractivity (Wildman–Crippen MR) is 70.2 cm³/mol. The SMILES string of the molecule is CN1C[C@H](NC(=O)c2ccc(C(N)=O)o2)CC[C@@H]1C(F)(F)F. The molecule has 0 bridgehead atoms. The third-order valence-corrected chi connectivity index (χ3v) is 3.61. The number of piperidine rings is 1. The Balaban J connectivity index is 1.94. The van der Waals surface area contributed by atoms with Crippen LogP contribution in [-0.2, 0) is 0 Å². The van der Waals surface area contributed by atoms with Gasteiger partial charge in [0, 0.05) is 12.6 Å². The Hall–Kier alpha value is -2.03. The third-order valence-electron chi connectivity index (χ3n) is 3.61. The van der Waals surface area contributed by atoms with Gasteiger partial charge in [-0.2, -0.15) is 13.2 Å². The van der Waals surface area contributed by atoms with Crippen molar-refractivity contribution in [1.82, 2.24) is 10.2 Å². The lowest BCUT2D eigenvalue weighted by molar-refractivity contribution is -0.188. The molecule has 1 aromatic rings. The first-order chi connectivity index (χ1) is 10.2. The second kappa shape index (κ2) is 5.99. The first-order valence-electron chi connectivity index (χ1n) is 6.66. The van der Waals surface area contributed by atoms with E-state index in [0.29, 0.717) is 0 Å². The number of likely N-dealkylation sites (tertiary alicyclic amines) is 1. The Bertz CT molecular complexity index is 570. The standard InChI is InChI=1S/C13H16F3N3O3/c1-19-6-7(2-5-10(19)13(14,15)16)18-12(21)9-4-3-8(22-9)11(17)20/h3-4,7,10H,2,5-6H2,1H3,(H2,17,20)(H,18,21)/t7-,10-/m1/s1. The fourth-order valence-electron chi connectivity index (χ4n) is 2.53. The molecule has 0 aromatic carbocycles. The molecule has 122 valence electrons. The van der Waals surface area contributed by atoms with Crippen molar-refractivity contribution < 1.29 is 27.2 Å². The molecule has 0 saturated carbocycles. The summed E-state index contributed by atoms with van der Waals surface area (Å²) in [5.41, 5.74) is 5.01. The summed E-state index contributed by atoms with van der Waals surface area (Å²) in [5.74, 6) is -1.64. The maximum absolute atomic E-state index is 12.7. The summed E-state index contributed by atoms with van der Waals surface area (Å²) in [4.78, 5) is 24.0. The minimum absolute atomic E-state index is 0.0826. The molecule has 22 heavy (non-hydrogen) atoms. The number of amides is 2. The highest BCUT2D eigenvalue weighted by Crippen LogP contribution is 2.30. The Morgan fingerprint density at radius 1 is 1.32 bits per heavy atom. The van der Waals surface area contributed by atoms with Gasteiger partial charge < -0.3 is 15.5 Å². The number of nitrogens with two attached hydrogens (primary N) is 1. The molecule has 2 heterocycles. The molecule has 1 aliphatic heterocycles. The monoisotopic (exact) mass is 319 g/mol. The number of carbonyl (C=O) groups excluding carboxylic acids is 2. The van der Waals surface area contributed by atoms with Crippen LogP contribution >= 0.6 is 0 Å². The smallest absolute Gasteiger partial charge is 0.404 e. The van der Waals surface area contributed by atoms with Crippen molar-refractivity contribution >= 4 is 11.8 Å². The van der Waals surface area contributed by atoms with E-state index < -0.39 is 30.1 Å². The van der Waals surface area contributed by atoms with Crippen LogP contribution in [0.25, 0.3) is 0 Å². The molecule has 0 aliphatic carbocycles. The molecule has 1 aromatic heterocycles. The summed E-state index contributed by atoms with van der Waals surface area (Å²) in [6.07, 6.45) is -4.15. The molecule has 3 N–H and O–H groups in total. The average Bonchev–Trinajstić information content (AvgIpc) is 2.86. The van der Waals surface area contributed by atoms with Crippen molar-refractivity contribution in [3.05, 3.63) is 23.7 Å². The zero-order chi connectivity index (χ0) is 16.5. The summed E-state index contributed by atoms with van der Waals surface area (Å²) in [6.45, 7) is 0.0826. The molecule has 2 atom stereocenters. The van der Waals surface area contributed by atoms with Gasteiger partial charge in [-0.1, -0.05) is 0 Å². The second-order valence-electron chi connectivity index (χ2n) is 5.27. The van der Waals surface area contributed by atoms with Gasteiger partial charge in [0.25, 0.3) is 11.8 Å². The first-order valence-corrected chi connectivity index (χ1v) is 6.66. The van der Waals surface area contributed by atoms with Gasteiger partial charge in [0.15, 0.2) is 11.5 Å². The number of primary amides is 1. The molecule has 9 heteroatoms. The number of hydrogen-bond acceptors (Lipinski definition) is 4. The average molecular weight is 319 g/mol. The van der Waals surface area contributed by atoms with Crippen LogP contribution in [0.1, 0.15) is 34.0 Å². The zero-order valence-electron chi connectivity index (χ0n) is 11.8. The fourth-order valence-corrected chi connectivity index (χ4v) is 2.53. The van der Waals surface area contributed by atoms with Crippen LogP contribution in [0.5, 0.6) is 0 Å². The summed E-state index contributed by atoms with van der Waals surface area (Å²) in [7, 11) is 1.37. The lowest BCUT2D eigenvalue weighted by atomic mass is 9.98. The van der Waals surface area contributed by atoms with Crippen molar-refractivity contribution in [2.24, 2.45) is 5.73 Å². The van der Waals surface area contributed by atoms with Crippen LogP contribution in [0.15, 0.2) is 16.5 Å². The van der Waals surface area contributed by atoms with Gasteiger partial charge in [0.05, 0.1) is 0 Å². The molecule has 0 radical (unpaired) electrons. The third kappa shape index (κ3) is 3.59. The Morgan fingerprint density at radius 3 is 2.45 bits per heavy atom. The number of nitrogens with zero attached hydrogens (tertiary/aromatic N) is 1. The summed E-state index contributed by atoms with van der Waals surface area (Å²) < 4.78 is 43.2. The molecule has 2 rings (SSSR count). The van der Waals surface area contributed by atoms with Gasteiger partial charge in [-0.05, 0) is 32.0 Å². The maximum Gasteiger partial charge on any atom is 0.404 e. The van der Waals surface area contributed by atoms with E-state index in [2.05, 4.69) is 5.32 Å². The predicted octanol–water partition coefficient (Wildman–Crippen LogP) is 1.13. The van der Waals surface area contributed by atoms with Gasteiger partial charge in [-0.3, -0.25) is 14.5 Å². The van der Waals surface area contributed by atoms with Crippen LogP contribution in [0.2, 0.25) is 0 Å². The lowest BCUT2D eigenvalue weighted by Crippen LogP contribution is -2.54.